The monoisotopic (exact) mass is 358 g/mol. The van der Waals surface area contributed by atoms with Crippen molar-refractivity contribution in [1.29, 1.82) is 0 Å². The molecule has 26 heavy (non-hydrogen) atoms. The van der Waals surface area contributed by atoms with Gasteiger partial charge in [0.05, 0.1) is 15.8 Å². The van der Waals surface area contributed by atoms with Crippen LogP contribution in [-0.4, -0.2) is 29.5 Å². The number of nitrogens with zero attached hydrogens (tertiary/aromatic N) is 4. The predicted molar refractivity (Wildman–Crippen MR) is 102 cm³/mol. The van der Waals surface area contributed by atoms with Crippen LogP contribution >= 0.6 is 11.3 Å². The number of pyridine rings is 1. The smallest absolute Gasteiger partial charge is 0.277 e. The number of fused-ring (bicyclic) bond motifs is 6. The molecule has 0 unspecified atom stereocenters. The lowest BCUT2D eigenvalue weighted by Crippen LogP contribution is -2.09. The molecule has 0 saturated heterocycles. The van der Waals surface area contributed by atoms with Crippen LogP contribution in [0.5, 0.6) is 0 Å². The minimum atomic E-state index is -0.224. The van der Waals surface area contributed by atoms with E-state index in [-0.39, 0.29) is 5.56 Å². The van der Waals surface area contributed by atoms with Gasteiger partial charge in [0.2, 0.25) is 0 Å². The summed E-state index contributed by atoms with van der Waals surface area (Å²) in [5.41, 5.74) is 2.71. The van der Waals surface area contributed by atoms with Crippen LogP contribution in [0.1, 0.15) is 0 Å². The molecule has 0 aliphatic heterocycles. The standard InChI is InChI=1S/C18H10N6OS/c25-18-13-17(21-15(20-13)12-6-3-7-26-12)24-16(22-18)10-8-9-4-1-2-5-11(9)19-14(10)23-24/h1-8H,(H,20,21)(H,22,25). The second-order valence-electron chi connectivity index (χ2n) is 6.03. The van der Waals surface area contributed by atoms with E-state index in [2.05, 4.69) is 25.0 Å². The Morgan fingerprint density at radius 3 is 2.85 bits per heavy atom. The summed E-state index contributed by atoms with van der Waals surface area (Å²) in [6.45, 7) is 0. The fourth-order valence-electron chi connectivity index (χ4n) is 3.26. The molecule has 0 amide bonds. The molecule has 5 heterocycles. The third-order valence-corrected chi connectivity index (χ3v) is 5.34. The third-order valence-electron chi connectivity index (χ3n) is 4.46. The van der Waals surface area contributed by atoms with Crippen LogP contribution in [0.4, 0.5) is 0 Å². The Balaban J connectivity index is 1.77. The summed E-state index contributed by atoms with van der Waals surface area (Å²) in [6.07, 6.45) is 0. The summed E-state index contributed by atoms with van der Waals surface area (Å²) in [4.78, 5) is 28.8. The maximum Gasteiger partial charge on any atom is 0.277 e. The van der Waals surface area contributed by atoms with E-state index in [1.54, 1.807) is 15.9 Å². The van der Waals surface area contributed by atoms with Gasteiger partial charge in [-0.3, -0.25) is 4.79 Å². The fraction of sp³-hybridized carbons (Fsp3) is 0. The fourth-order valence-corrected chi connectivity index (χ4v) is 3.93. The first-order valence-corrected chi connectivity index (χ1v) is 8.90. The number of imidazole rings is 1. The first-order valence-electron chi connectivity index (χ1n) is 8.02. The number of benzene rings is 1. The summed E-state index contributed by atoms with van der Waals surface area (Å²) >= 11 is 1.56. The minimum Gasteiger partial charge on any atom is -0.331 e. The summed E-state index contributed by atoms with van der Waals surface area (Å²) in [6, 6.07) is 13.7. The lowest BCUT2D eigenvalue weighted by atomic mass is 10.2. The maximum absolute atomic E-state index is 12.6. The average molecular weight is 358 g/mol. The molecule has 1 aromatic carbocycles. The van der Waals surface area contributed by atoms with Crippen molar-refractivity contribution in [2.75, 3.05) is 0 Å². The molecule has 0 bridgehead atoms. The van der Waals surface area contributed by atoms with Crippen molar-refractivity contribution in [2.24, 2.45) is 0 Å². The first-order chi connectivity index (χ1) is 12.8. The lowest BCUT2D eigenvalue weighted by molar-refractivity contribution is 0.973. The Morgan fingerprint density at radius 1 is 1.04 bits per heavy atom. The molecule has 6 rings (SSSR count). The Kier molecular flexibility index (Phi) is 2.52. The van der Waals surface area contributed by atoms with E-state index in [0.717, 1.165) is 21.2 Å². The lowest BCUT2D eigenvalue weighted by Gasteiger charge is -1.96. The number of nitrogens with one attached hydrogen (secondary N) is 2. The number of hydrogen-bond acceptors (Lipinski definition) is 5. The van der Waals surface area contributed by atoms with E-state index in [0.29, 0.717) is 28.3 Å². The molecule has 2 N–H and O–H groups in total. The topological polar surface area (TPSA) is 91.7 Å². The molecule has 0 spiro atoms. The van der Waals surface area contributed by atoms with Crippen molar-refractivity contribution in [1.82, 2.24) is 29.5 Å². The predicted octanol–water partition coefficient (Wildman–Crippen LogP) is 3.33. The zero-order chi connectivity index (χ0) is 17.3. The number of hydrogen-bond donors (Lipinski definition) is 2. The molecule has 6 aromatic rings. The molecule has 0 aliphatic carbocycles. The van der Waals surface area contributed by atoms with E-state index in [9.17, 15) is 4.79 Å². The van der Waals surface area contributed by atoms with Crippen molar-refractivity contribution in [3.63, 3.8) is 0 Å². The Labute approximate surface area is 149 Å². The zero-order valence-corrected chi connectivity index (χ0v) is 14.0. The van der Waals surface area contributed by atoms with E-state index in [4.69, 9.17) is 0 Å². The van der Waals surface area contributed by atoms with Gasteiger partial charge in [-0.05, 0) is 23.6 Å². The molecule has 7 nitrogen and oxygen atoms in total. The van der Waals surface area contributed by atoms with Gasteiger partial charge in [-0.25, -0.2) is 9.97 Å². The number of aromatic nitrogens is 6. The highest BCUT2D eigenvalue weighted by Crippen LogP contribution is 2.26. The molecule has 0 radical (unpaired) electrons. The van der Waals surface area contributed by atoms with E-state index in [1.807, 2.05) is 47.8 Å². The zero-order valence-electron chi connectivity index (χ0n) is 13.2. The van der Waals surface area contributed by atoms with Gasteiger partial charge in [0.25, 0.3) is 5.56 Å². The summed E-state index contributed by atoms with van der Waals surface area (Å²) in [5.74, 6) is 0.658. The second kappa shape index (κ2) is 4.77. The van der Waals surface area contributed by atoms with Gasteiger partial charge in [-0.15, -0.1) is 16.4 Å². The molecular weight excluding hydrogens is 348 g/mol. The van der Waals surface area contributed by atoms with Crippen molar-refractivity contribution in [2.45, 2.75) is 0 Å². The molecule has 0 atom stereocenters. The summed E-state index contributed by atoms with van der Waals surface area (Å²) < 4.78 is 1.65. The van der Waals surface area contributed by atoms with Crippen molar-refractivity contribution in [3.8, 4) is 10.7 Å². The van der Waals surface area contributed by atoms with Gasteiger partial charge in [0.1, 0.15) is 5.65 Å². The molecule has 8 heteroatoms. The van der Waals surface area contributed by atoms with Crippen LogP contribution in [0.2, 0.25) is 0 Å². The van der Waals surface area contributed by atoms with E-state index < -0.39 is 0 Å². The van der Waals surface area contributed by atoms with Crippen LogP contribution in [0, 0.1) is 0 Å². The van der Waals surface area contributed by atoms with Crippen molar-refractivity contribution < 1.29 is 0 Å². The molecule has 0 saturated carbocycles. The van der Waals surface area contributed by atoms with Gasteiger partial charge in [-0.2, -0.15) is 4.52 Å². The number of aromatic amines is 2. The van der Waals surface area contributed by atoms with Crippen LogP contribution in [0.3, 0.4) is 0 Å². The van der Waals surface area contributed by atoms with Crippen LogP contribution < -0.4 is 5.56 Å². The second-order valence-corrected chi connectivity index (χ2v) is 6.98. The minimum absolute atomic E-state index is 0.224. The Bertz CT molecular complexity index is 1510. The first kappa shape index (κ1) is 13.7. The number of H-pyrrole nitrogens is 2. The molecular formula is C18H10N6OS. The summed E-state index contributed by atoms with van der Waals surface area (Å²) in [5, 5.41) is 8.35. The van der Waals surface area contributed by atoms with Gasteiger partial charge in [0, 0.05) is 5.39 Å². The quantitative estimate of drug-likeness (QED) is 0.472. The highest BCUT2D eigenvalue weighted by Gasteiger charge is 2.17. The number of thiophene rings is 1. The van der Waals surface area contributed by atoms with Crippen LogP contribution in [-0.2, 0) is 0 Å². The molecule has 5 aromatic heterocycles. The number of para-hydroxylation sites is 1. The SMILES string of the molecule is O=c1[nH]c2c3cc4ccccc4nc3nn2c2nc(-c3cccs3)[nH]c12. The van der Waals surface area contributed by atoms with Gasteiger partial charge in [-0.1, -0.05) is 24.3 Å². The molecule has 0 aliphatic rings. The maximum atomic E-state index is 12.6. The van der Waals surface area contributed by atoms with E-state index >= 15 is 0 Å². The molecule has 0 fully saturated rings. The van der Waals surface area contributed by atoms with Gasteiger partial charge >= 0.3 is 0 Å². The van der Waals surface area contributed by atoms with Crippen molar-refractivity contribution in [3.05, 3.63) is 58.2 Å². The normalized spacial score (nSPS) is 12.0. The van der Waals surface area contributed by atoms with Gasteiger partial charge in [0.15, 0.2) is 22.6 Å². The Hall–Kier alpha value is -3.52. The highest BCUT2D eigenvalue weighted by atomic mass is 32.1. The average Bonchev–Trinajstić information content (AvgIpc) is 3.38. The Morgan fingerprint density at radius 2 is 1.96 bits per heavy atom. The largest absolute Gasteiger partial charge is 0.331 e. The van der Waals surface area contributed by atoms with E-state index in [1.165, 1.54) is 0 Å². The summed E-state index contributed by atoms with van der Waals surface area (Å²) in [7, 11) is 0. The van der Waals surface area contributed by atoms with Crippen molar-refractivity contribution >= 4 is 50.1 Å². The van der Waals surface area contributed by atoms with Crippen LogP contribution in [0.25, 0.3) is 49.4 Å². The highest BCUT2D eigenvalue weighted by molar-refractivity contribution is 7.13. The molecule has 124 valence electrons. The number of rotatable bonds is 1. The third kappa shape index (κ3) is 1.76. The van der Waals surface area contributed by atoms with Gasteiger partial charge < -0.3 is 9.97 Å². The van der Waals surface area contributed by atoms with Crippen LogP contribution in [0.15, 0.2) is 52.6 Å².